The van der Waals surface area contributed by atoms with Gasteiger partial charge in [-0.15, -0.1) is 0 Å². The normalized spacial score (nSPS) is 30.4. The maximum Gasteiger partial charge on any atom is 0.212 e. The van der Waals surface area contributed by atoms with Gasteiger partial charge in [-0.2, -0.15) is 0 Å². The molecule has 0 spiro atoms. The quantitative estimate of drug-likeness (QED) is 0.788. The molecule has 1 unspecified atom stereocenters. The minimum absolute atomic E-state index is 0.243. The van der Waals surface area contributed by atoms with Gasteiger partial charge in [0.15, 0.2) is 0 Å². The lowest BCUT2D eigenvalue weighted by Gasteiger charge is -2.34. The lowest BCUT2D eigenvalue weighted by Crippen LogP contribution is -2.52. The van der Waals surface area contributed by atoms with Crippen LogP contribution in [0.15, 0.2) is 0 Å². The summed E-state index contributed by atoms with van der Waals surface area (Å²) in [5.41, 5.74) is -0.412. The van der Waals surface area contributed by atoms with Gasteiger partial charge in [-0.25, -0.2) is 13.1 Å². The van der Waals surface area contributed by atoms with Gasteiger partial charge in [0.25, 0.3) is 0 Å². The van der Waals surface area contributed by atoms with E-state index in [1.807, 2.05) is 6.92 Å². The van der Waals surface area contributed by atoms with Gasteiger partial charge in [0.2, 0.25) is 10.0 Å². The second-order valence-corrected chi connectivity index (χ2v) is 7.96. The number of piperidine rings is 1. The Hall–Kier alpha value is -0.170. The van der Waals surface area contributed by atoms with Crippen molar-refractivity contribution in [1.29, 1.82) is 0 Å². The minimum atomic E-state index is -3.19. The van der Waals surface area contributed by atoms with E-state index in [0.717, 1.165) is 51.8 Å². The summed E-state index contributed by atoms with van der Waals surface area (Å²) in [6.45, 7) is 5.20. The van der Waals surface area contributed by atoms with Gasteiger partial charge in [0.1, 0.15) is 0 Å². The topological polar surface area (TPSA) is 67.4 Å². The monoisotopic (exact) mass is 290 g/mol. The van der Waals surface area contributed by atoms with Crippen molar-refractivity contribution in [2.75, 3.05) is 32.1 Å². The van der Waals surface area contributed by atoms with Crippen LogP contribution in [0.5, 0.6) is 0 Å². The van der Waals surface area contributed by atoms with E-state index in [0.29, 0.717) is 12.5 Å². The van der Waals surface area contributed by atoms with Crippen LogP contribution in [0.1, 0.15) is 39.0 Å². The highest BCUT2D eigenvalue weighted by molar-refractivity contribution is 7.89. The fourth-order valence-electron chi connectivity index (χ4n) is 2.93. The third-order valence-electron chi connectivity index (χ3n) is 4.09. The molecule has 0 bridgehead atoms. The molecule has 1 atom stereocenters. The molecule has 112 valence electrons. The SMILES string of the molecule is CC1(NS(=O)(=O)CCC2CCNCC2)CCCOC1. The van der Waals surface area contributed by atoms with Gasteiger partial charge < -0.3 is 10.1 Å². The van der Waals surface area contributed by atoms with Crippen LogP contribution in [0, 0.1) is 5.92 Å². The highest BCUT2D eigenvalue weighted by Gasteiger charge is 2.32. The Morgan fingerprint density at radius 1 is 1.37 bits per heavy atom. The maximum absolute atomic E-state index is 12.2. The second-order valence-electron chi connectivity index (χ2n) is 6.12. The predicted molar refractivity (Wildman–Crippen MR) is 75.6 cm³/mol. The van der Waals surface area contributed by atoms with Crippen molar-refractivity contribution < 1.29 is 13.2 Å². The van der Waals surface area contributed by atoms with Crippen LogP contribution >= 0.6 is 0 Å². The summed E-state index contributed by atoms with van der Waals surface area (Å²) in [6.07, 6.45) is 4.74. The molecule has 0 saturated carbocycles. The number of rotatable bonds is 5. The van der Waals surface area contributed by atoms with Gasteiger partial charge in [0.05, 0.1) is 17.9 Å². The summed E-state index contributed by atoms with van der Waals surface area (Å²) in [6, 6.07) is 0. The first-order valence-electron chi connectivity index (χ1n) is 7.29. The molecule has 2 heterocycles. The largest absolute Gasteiger partial charge is 0.380 e. The molecule has 0 amide bonds. The molecule has 2 aliphatic rings. The van der Waals surface area contributed by atoms with Crippen LogP contribution in [0.25, 0.3) is 0 Å². The zero-order valence-electron chi connectivity index (χ0n) is 11.8. The van der Waals surface area contributed by atoms with Crippen molar-refractivity contribution in [2.24, 2.45) is 5.92 Å². The molecule has 2 saturated heterocycles. The smallest absolute Gasteiger partial charge is 0.212 e. The molecule has 2 rings (SSSR count). The van der Waals surface area contributed by atoms with Crippen LogP contribution in [0.2, 0.25) is 0 Å². The van der Waals surface area contributed by atoms with Gasteiger partial charge in [0, 0.05) is 6.61 Å². The summed E-state index contributed by atoms with van der Waals surface area (Å²) < 4.78 is 32.6. The lowest BCUT2D eigenvalue weighted by atomic mass is 9.96. The van der Waals surface area contributed by atoms with Gasteiger partial charge in [-0.05, 0) is 58.0 Å². The van der Waals surface area contributed by atoms with E-state index in [9.17, 15) is 8.42 Å². The molecule has 0 aromatic heterocycles. The van der Waals surface area contributed by atoms with E-state index >= 15 is 0 Å². The third kappa shape index (κ3) is 5.02. The highest BCUT2D eigenvalue weighted by atomic mass is 32.2. The van der Waals surface area contributed by atoms with Crippen LogP contribution in [-0.4, -0.2) is 46.0 Å². The van der Waals surface area contributed by atoms with Gasteiger partial charge in [-0.1, -0.05) is 0 Å². The molecular weight excluding hydrogens is 264 g/mol. The van der Waals surface area contributed by atoms with Crippen molar-refractivity contribution >= 4 is 10.0 Å². The minimum Gasteiger partial charge on any atom is -0.380 e. The Bertz CT molecular complexity index is 371. The standard InChI is InChI=1S/C13H26N2O3S/c1-13(6-2-9-18-11-13)15-19(16,17)10-5-12-3-7-14-8-4-12/h12,14-15H,2-11H2,1H3. The zero-order chi connectivity index (χ0) is 13.8. The highest BCUT2D eigenvalue weighted by Crippen LogP contribution is 2.21. The van der Waals surface area contributed by atoms with Crippen molar-refractivity contribution in [3.05, 3.63) is 0 Å². The van der Waals surface area contributed by atoms with E-state index in [2.05, 4.69) is 10.0 Å². The molecule has 6 heteroatoms. The van der Waals surface area contributed by atoms with Gasteiger partial charge >= 0.3 is 0 Å². The molecule has 2 N–H and O–H groups in total. The summed E-state index contributed by atoms with van der Waals surface area (Å²) in [5, 5.41) is 3.30. The molecule has 2 aliphatic heterocycles. The van der Waals surface area contributed by atoms with Crippen molar-refractivity contribution in [1.82, 2.24) is 10.0 Å². The van der Waals surface area contributed by atoms with E-state index in [-0.39, 0.29) is 5.75 Å². The summed E-state index contributed by atoms with van der Waals surface area (Å²) in [4.78, 5) is 0. The first-order valence-corrected chi connectivity index (χ1v) is 8.94. The second kappa shape index (κ2) is 6.52. The predicted octanol–water partition coefficient (Wildman–Crippen LogP) is 0.865. The molecule has 0 radical (unpaired) electrons. The number of sulfonamides is 1. The third-order valence-corrected chi connectivity index (χ3v) is 5.67. The Balaban J connectivity index is 1.80. The summed E-state index contributed by atoms with van der Waals surface area (Å²) in [5.74, 6) is 0.793. The fraction of sp³-hybridized carbons (Fsp3) is 1.00. The first-order chi connectivity index (χ1) is 8.99. The van der Waals surface area contributed by atoms with E-state index in [1.165, 1.54) is 0 Å². The zero-order valence-corrected chi connectivity index (χ0v) is 12.6. The number of hydrogen-bond donors (Lipinski definition) is 2. The molecule has 0 aromatic carbocycles. The van der Waals surface area contributed by atoms with Crippen molar-refractivity contribution in [3.63, 3.8) is 0 Å². The number of ether oxygens (including phenoxy) is 1. The van der Waals surface area contributed by atoms with E-state index in [1.54, 1.807) is 0 Å². The van der Waals surface area contributed by atoms with E-state index < -0.39 is 15.6 Å². The summed E-state index contributed by atoms with van der Waals surface area (Å²) >= 11 is 0. The van der Waals surface area contributed by atoms with Crippen LogP contribution < -0.4 is 10.0 Å². The van der Waals surface area contributed by atoms with E-state index in [4.69, 9.17) is 4.74 Å². The fourth-order valence-corrected chi connectivity index (χ4v) is 4.59. The Labute approximate surface area is 116 Å². The number of hydrogen-bond acceptors (Lipinski definition) is 4. The molecular formula is C13H26N2O3S. The molecule has 0 aromatic rings. The number of nitrogens with one attached hydrogen (secondary N) is 2. The lowest BCUT2D eigenvalue weighted by molar-refractivity contribution is 0.0386. The Morgan fingerprint density at radius 2 is 2.11 bits per heavy atom. The molecule has 5 nitrogen and oxygen atoms in total. The first kappa shape index (κ1) is 15.2. The van der Waals surface area contributed by atoms with Crippen molar-refractivity contribution in [3.8, 4) is 0 Å². The van der Waals surface area contributed by atoms with Crippen LogP contribution in [-0.2, 0) is 14.8 Å². The van der Waals surface area contributed by atoms with Crippen LogP contribution in [0.3, 0.4) is 0 Å². The van der Waals surface area contributed by atoms with Crippen LogP contribution in [0.4, 0.5) is 0 Å². The van der Waals surface area contributed by atoms with Gasteiger partial charge in [-0.3, -0.25) is 0 Å². The Morgan fingerprint density at radius 3 is 2.74 bits per heavy atom. The molecule has 2 fully saturated rings. The average molecular weight is 290 g/mol. The Kier molecular flexibility index (Phi) is 5.22. The average Bonchev–Trinajstić information content (AvgIpc) is 2.37. The molecule has 19 heavy (non-hydrogen) atoms. The molecule has 0 aliphatic carbocycles. The van der Waals surface area contributed by atoms with Crippen molar-refractivity contribution in [2.45, 2.75) is 44.6 Å². The summed E-state index contributed by atoms with van der Waals surface area (Å²) in [7, 11) is -3.19. The maximum atomic E-state index is 12.2.